The highest BCUT2D eigenvalue weighted by molar-refractivity contribution is 5.88. The van der Waals surface area contributed by atoms with E-state index in [1.807, 2.05) is 0 Å². The van der Waals surface area contributed by atoms with Gasteiger partial charge in [-0.3, -0.25) is 9.59 Å². The Morgan fingerprint density at radius 3 is 2.05 bits per heavy atom. The largest absolute Gasteiger partial charge is 0.480 e. The van der Waals surface area contributed by atoms with E-state index in [-0.39, 0.29) is 17.7 Å². The van der Waals surface area contributed by atoms with Crippen LogP contribution in [0.3, 0.4) is 0 Å². The minimum atomic E-state index is -1.09. The molecule has 1 aliphatic heterocycles. The Hall–Kier alpha value is -1.59. The van der Waals surface area contributed by atoms with Gasteiger partial charge in [0, 0.05) is 25.9 Å². The van der Waals surface area contributed by atoms with Gasteiger partial charge in [0.1, 0.15) is 5.54 Å². The monoisotopic (exact) mass is 310 g/mol. The van der Waals surface area contributed by atoms with Crippen molar-refractivity contribution in [2.45, 2.75) is 63.8 Å². The summed E-state index contributed by atoms with van der Waals surface area (Å²) in [6.45, 7) is 2.69. The first kappa shape index (κ1) is 16.8. The number of likely N-dealkylation sites (tertiary alicyclic amines) is 1. The van der Waals surface area contributed by atoms with Crippen LogP contribution in [0.5, 0.6) is 0 Å². The summed E-state index contributed by atoms with van der Waals surface area (Å²) in [6.07, 6.45) is 6.00. The molecule has 0 aromatic heterocycles. The molecular weight excluding hydrogens is 284 g/mol. The molecule has 0 aromatic rings. The quantitative estimate of drug-likeness (QED) is 0.774. The van der Waals surface area contributed by atoms with Crippen molar-refractivity contribution >= 4 is 17.8 Å². The van der Waals surface area contributed by atoms with E-state index in [1.165, 1.54) is 6.92 Å². The van der Waals surface area contributed by atoms with Gasteiger partial charge in [-0.25, -0.2) is 4.79 Å². The number of piperidine rings is 1. The van der Waals surface area contributed by atoms with Crippen LogP contribution in [-0.2, 0) is 14.4 Å². The molecule has 0 radical (unpaired) electrons. The third-order valence-corrected chi connectivity index (χ3v) is 5.04. The number of aliphatic carboxylic acids is 1. The molecule has 1 heterocycles. The number of hydrogen-bond acceptors (Lipinski definition) is 3. The predicted octanol–water partition coefficient (Wildman–Crippen LogP) is 1.54. The van der Waals surface area contributed by atoms with Crippen molar-refractivity contribution in [1.29, 1.82) is 0 Å². The highest BCUT2D eigenvalue weighted by Crippen LogP contribution is 2.29. The molecule has 124 valence electrons. The fraction of sp³-hybridized carbons (Fsp3) is 0.812. The number of carboxylic acids is 1. The zero-order chi connectivity index (χ0) is 16.2. The van der Waals surface area contributed by atoms with Crippen LogP contribution in [0, 0.1) is 5.92 Å². The lowest BCUT2D eigenvalue weighted by molar-refractivity contribution is -0.149. The van der Waals surface area contributed by atoms with E-state index in [4.69, 9.17) is 0 Å². The SMILES string of the molecule is CC(=O)N1CCC(C(=O)NC2(C(=O)O)CCCCCC2)CC1. The Morgan fingerprint density at radius 2 is 1.59 bits per heavy atom. The van der Waals surface area contributed by atoms with Crippen LogP contribution in [0.1, 0.15) is 58.3 Å². The third-order valence-electron chi connectivity index (χ3n) is 5.04. The summed E-state index contributed by atoms with van der Waals surface area (Å²) in [5.41, 5.74) is -1.09. The Bertz CT molecular complexity index is 433. The summed E-state index contributed by atoms with van der Waals surface area (Å²) in [5, 5.41) is 12.5. The molecule has 2 N–H and O–H groups in total. The molecule has 1 saturated heterocycles. The lowest BCUT2D eigenvalue weighted by Crippen LogP contribution is -2.56. The maximum atomic E-state index is 12.5. The van der Waals surface area contributed by atoms with E-state index in [9.17, 15) is 19.5 Å². The fourth-order valence-electron chi connectivity index (χ4n) is 3.52. The summed E-state index contributed by atoms with van der Waals surface area (Å²) < 4.78 is 0. The van der Waals surface area contributed by atoms with E-state index in [0.717, 1.165) is 25.7 Å². The molecule has 0 aromatic carbocycles. The third kappa shape index (κ3) is 3.78. The minimum Gasteiger partial charge on any atom is -0.480 e. The number of nitrogens with zero attached hydrogens (tertiary/aromatic N) is 1. The van der Waals surface area contributed by atoms with Crippen molar-refractivity contribution < 1.29 is 19.5 Å². The van der Waals surface area contributed by atoms with Crippen LogP contribution in [0.25, 0.3) is 0 Å². The number of carbonyl (C=O) groups excluding carboxylic acids is 2. The van der Waals surface area contributed by atoms with Gasteiger partial charge in [0.2, 0.25) is 11.8 Å². The molecule has 0 bridgehead atoms. The number of nitrogens with one attached hydrogen (secondary N) is 1. The molecule has 1 saturated carbocycles. The topological polar surface area (TPSA) is 86.7 Å². The van der Waals surface area contributed by atoms with E-state index in [0.29, 0.717) is 38.8 Å². The Balaban J connectivity index is 1.97. The van der Waals surface area contributed by atoms with Gasteiger partial charge in [-0.15, -0.1) is 0 Å². The van der Waals surface area contributed by atoms with Gasteiger partial charge in [0.05, 0.1) is 0 Å². The Kier molecular flexibility index (Phi) is 5.42. The summed E-state index contributed by atoms with van der Waals surface area (Å²) in [7, 11) is 0. The fourth-order valence-corrected chi connectivity index (χ4v) is 3.52. The Morgan fingerprint density at radius 1 is 1.05 bits per heavy atom. The molecule has 2 aliphatic rings. The van der Waals surface area contributed by atoms with Crippen LogP contribution in [0.4, 0.5) is 0 Å². The van der Waals surface area contributed by atoms with Gasteiger partial charge in [-0.05, 0) is 25.7 Å². The summed E-state index contributed by atoms with van der Waals surface area (Å²) in [6, 6.07) is 0. The lowest BCUT2D eigenvalue weighted by atomic mass is 9.88. The lowest BCUT2D eigenvalue weighted by Gasteiger charge is -2.34. The predicted molar refractivity (Wildman–Crippen MR) is 81.2 cm³/mol. The highest BCUT2D eigenvalue weighted by atomic mass is 16.4. The Labute approximate surface area is 131 Å². The molecule has 1 aliphatic carbocycles. The molecule has 2 fully saturated rings. The average molecular weight is 310 g/mol. The zero-order valence-electron chi connectivity index (χ0n) is 13.3. The van der Waals surface area contributed by atoms with Crippen molar-refractivity contribution in [3.8, 4) is 0 Å². The summed E-state index contributed by atoms with van der Waals surface area (Å²) in [4.78, 5) is 37.3. The molecule has 0 unspecified atom stereocenters. The molecule has 6 nitrogen and oxygen atoms in total. The van der Waals surface area contributed by atoms with Crippen LogP contribution >= 0.6 is 0 Å². The van der Waals surface area contributed by atoms with Crippen molar-refractivity contribution in [1.82, 2.24) is 10.2 Å². The zero-order valence-corrected chi connectivity index (χ0v) is 13.3. The summed E-state index contributed by atoms with van der Waals surface area (Å²) in [5.74, 6) is -1.23. The second-order valence-electron chi connectivity index (χ2n) is 6.57. The molecule has 0 atom stereocenters. The second kappa shape index (κ2) is 7.11. The second-order valence-corrected chi connectivity index (χ2v) is 6.57. The molecule has 0 spiro atoms. The van der Waals surface area contributed by atoms with E-state index in [2.05, 4.69) is 5.32 Å². The van der Waals surface area contributed by atoms with E-state index < -0.39 is 11.5 Å². The molecule has 2 amide bonds. The molecular formula is C16H26N2O4. The maximum Gasteiger partial charge on any atom is 0.329 e. The van der Waals surface area contributed by atoms with Crippen molar-refractivity contribution in [2.24, 2.45) is 5.92 Å². The first-order chi connectivity index (χ1) is 10.4. The van der Waals surface area contributed by atoms with Gasteiger partial charge in [0.15, 0.2) is 0 Å². The summed E-state index contributed by atoms with van der Waals surface area (Å²) >= 11 is 0. The molecule has 22 heavy (non-hydrogen) atoms. The average Bonchev–Trinajstić information content (AvgIpc) is 2.74. The van der Waals surface area contributed by atoms with Crippen LogP contribution in [-0.4, -0.2) is 46.4 Å². The maximum absolute atomic E-state index is 12.5. The van der Waals surface area contributed by atoms with E-state index in [1.54, 1.807) is 4.90 Å². The highest BCUT2D eigenvalue weighted by Gasteiger charge is 2.41. The van der Waals surface area contributed by atoms with Gasteiger partial charge in [0.25, 0.3) is 0 Å². The van der Waals surface area contributed by atoms with Crippen molar-refractivity contribution in [3.63, 3.8) is 0 Å². The van der Waals surface area contributed by atoms with Gasteiger partial charge < -0.3 is 15.3 Å². The number of hydrogen-bond donors (Lipinski definition) is 2. The van der Waals surface area contributed by atoms with Gasteiger partial charge in [-0.2, -0.15) is 0 Å². The van der Waals surface area contributed by atoms with Crippen LogP contribution in [0.15, 0.2) is 0 Å². The normalized spacial score (nSPS) is 22.7. The van der Waals surface area contributed by atoms with E-state index >= 15 is 0 Å². The first-order valence-corrected chi connectivity index (χ1v) is 8.25. The van der Waals surface area contributed by atoms with Crippen LogP contribution < -0.4 is 5.32 Å². The van der Waals surface area contributed by atoms with Crippen molar-refractivity contribution in [2.75, 3.05) is 13.1 Å². The van der Waals surface area contributed by atoms with Crippen LogP contribution in [0.2, 0.25) is 0 Å². The van der Waals surface area contributed by atoms with Crippen molar-refractivity contribution in [3.05, 3.63) is 0 Å². The molecule has 6 heteroatoms. The minimum absolute atomic E-state index is 0.0321. The first-order valence-electron chi connectivity index (χ1n) is 8.25. The molecule has 2 rings (SSSR count). The number of carbonyl (C=O) groups is 3. The number of amides is 2. The van der Waals surface area contributed by atoms with Gasteiger partial charge >= 0.3 is 5.97 Å². The number of rotatable bonds is 3. The smallest absolute Gasteiger partial charge is 0.329 e. The van der Waals surface area contributed by atoms with Gasteiger partial charge in [-0.1, -0.05) is 25.7 Å². The number of carboxylic acid groups (broad SMARTS) is 1. The standard InChI is InChI=1S/C16H26N2O4/c1-12(19)18-10-6-13(7-11-18)14(20)17-16(15(21)22)8-4-2-3-5-9-16/h13H,2-11H2,1H3,(H,17,20)(H,21,22).